The molecule has 3 aromatic rings. The van der Waals surface area contributed by atoms with Crippen LogP contribution in [0.15, 0.2) is 83.2 Å². The number of carbonyl (C=O) groups excluding carboxylic acids is 2. The molecule has 0 aliphatic heterocycles. The highest BCUT2D eigenvalue weighted by molar-refractivity contribution is 6.32. The van der Waals surface area contributed by atoms with E-state index >= 15 is 0 Å². The molecule has 0 aliphatic carbocycles. The molecule has 7 nitrogen and oxygen atoms in total. The van der Waals surface area contributed by atoms with Gasteiger partial charge in [0.25, 0.3) is 5.91 Å². The first-order valence-corrected chi connectivity index (χ1v) is 8.64. The summed E-state index contributed by atoms with van der Waals surface area (Å²) in [5.74, 6) is -1.20. The first-order chi connectivity index (χ1) is 13.6. The van der Waals surface area contributed by atoms with Gasteiger partial charge in [-0.05, 0) is 48.5 Å². The van der Waals surface area contributed by atoms with E-state index in [4.69, 9.17) is 16.3 Å². The first-order valence-electron chi connectivity index (χ1n) is 8.26. The summed E-state index contributed by atoms with van der Waals surface area (Å²) in [7, 11) is 0. The second-order valence-corrected chi connectivity index (χ2v) is 5.91. The largest absolute Gasteiger partial charge is 0.452 e. The van der Waals surface area contributed by atoms with Crippen molar-refractivity contribution in [3.8, 4) is 0 Å². The van der Waals surface area contributed by atoms with Crippen LogP contribution in [0.4, 0.5) is 17.1 Å². The van der Waals surface area contributed by atoms with Gasteiger partial charge in [-0.25, -0.2) is 9.78 Å². The number of rotatable bonds is 6. The Kier molecular flexibility index (Phi) is 6.43. The monoisotopic (exact) mass is 394 g/mol. The summed E-state index contributed by atoms with van der Waals surface area (Å²) in [5.41, 5.74) is 2.03. The van der Waals surface area contributed by atoms with E-state index in [0.29, 0.717) is 11.4 Å². The number of hydrogen-bond acceptors (Lipinski definition) is 6. The number of benzene rings is 2. The molecule has 0 atom stereocenters. The van der Waals surface area contributed by atoms with Crippen molar-refractivity contribution < 1.29 is 14.3 Å². The summed E-state index contributed by atoms with van der Waals surface area (Å²) in [6, 6.07) is 19.2. The molecule has 8 heteroatoms. The maximum atomic E-state index is 11.9. The van der Waals surface area contributed by atoms with Crippen molar-refractivity contribution in [2.45, 2.75) is 0 Å². The van der Waals surface area contributed by atoms with E-state index < -0.39 is 18.5 Å². The number of carbonyl (C=O) groups is 2. The van der Waals surface area contributed by atoms with Gasteiger partial charge in [0.2, 0.25) is 0 Å². The lowest BCUT2D eigenvalue weighted by Crippen LogP contribution is -2.21. The third-order valence-corrected chi connectivity index (χ3v) is 3.80. The van der Waals surface area contributed by atoms with E-state index in [2.05, 4.69) is 20.5 Å². The molecular formula is C20H15ClN4O3. The normalized spacial score (nSPS) is 10.6. The van der Waals surface area contributed by atoms with Crippen LogP contribution >= 0.6 is 11.6 Å². The van der Waals surface area contributed by atoms with Gasteiger partial charge in [-0.3, -0.25) is 4.79 Å². The SMILES string of the molecule is O=C(COC(=O)c1cccnc1Cl)Nc1ccc(N=Nc2ccccc2)cc1. The van der Waals surface area contributed by atoms with Crippen LogP contribution < -0.4 is 5.32 Å². The highest BCUT2D eigenvalue weighted by Crippen LogP contribution is 2.20. The zero-order valence-corrected chi connectivity index (χ0v) is 15.3. The third kappa shape index (κ3) is 5.46. The average Bonchev–Trinajstić information content (AvgIpc) is 2.72. The van der Waals surface area contributed by atoms with Crippen LogP contribution in [0, 0.1) is 0 Å². The average molecular weight is 395 g/mol. The number of azo groups is 1. The van der Waals surface area contributed by atoms with Gasteiger partial charge in [0, 0.05) is 11.9 Å². The Morgan fingerprint density at radius 1 is 0.929 bits per heavy atom. The number of amides is 1. The zero-order valence-electron chi connectivity index (χ0n) is 14.6. The molecule has 2 aromatic carbocycles. The van der Waals surface area contributed by atoms with E-state index in [1.807, 2.05) is 30.3 Å². The molecule has 140 valence electrons. The van der Waals surface area contributed by atoms with Crippen molar-refractivity contribution in [1.29, 1.82) is 0 Å². The molecule has 1 heterocycles. The predicted octanol–water partition coefficient (Wildman–Crippen LogP) is 4.95. The van der Waals surface area contributed by atoms with Crippen LogP contribution in [0.5, 0.6) is 0 Å². The minimum absolute atomic E-state index is 0.0214. The summed E-state index contributed by atoms with van der Waals surface area (Å²) >= 11 is 5.81. The smallest absolute Gasteiger partial charge is 0.341 e. The zero-order chi connectivity index (χ0) is 19.8. The Balaban J connectivity index is 1.51. The van der Waals surface area contributed by atoms with Gasteiger partial charge in [-0.15, -0.1) is 0 Å². The molecule has 0 bridgehead atoms. The fourth-order valence-corrected chi connectivity index (χ4v) is 2.36. The second kappa shape index (κ2) is 9.38. The summed E-state index contributed by atoms with van der Waals surface area (Å²) in [5, 5.41) is 10.9. The summed E-state index contributed by atoms with van der Waals surface area (Å²) in [6.07, 6.45) is 1.45. The Labute approximate surface area is 166 Å². The third-order valence-electron chi connectivity index (χ3n) is 3.50. The van der Waals surface area contributed by atoms with Crippen LogP contribution in [0.2, 0.25) is 5.15 Å². The summed E-state index contributed by atoms with van der Waals surface area (Å²) in [6.45, 7) is -0.445. The van der Waals surface area contributed by atoms with Gasteiger partial charge >= 0.3 is 5.97 Å². The number of nitrogens with one attached hydrogen (secondary N) is 1. The first kappa shape index (κ1) is 19.2. The van der Waals surface area contributed by atoms with Crippen molar-refractivity contribution in [3.05, 3.63) is 83.6 Å². The number of nitrogens with zero attached hydrogens (tertiary/aromatic N) is 3. The molecule has 0 saturated heterocycles. The van der Waals surface area contributed by atoms with Gasteiger partial charge in [0.05, 0.1) is 16.9 Å². The minimum atomic E-state index is -0.718. The van der Waals surface area contributed by atoms with Crippen LogP contribution in [0.3, 0.4) is 0 Å². The Hall–Kier alpha value is -3.58. The number of ether oxygens (including phenoxy) is 1. The number of anilines is 1. The van der Waals surface area contributed by atoms with Crippen molar-refractivity contribution in [1.82, 2.24) is 4.98 Å². The predicted molar refractivity (Wildman–Crippen MR) is 105 cm³/mol. The quantitative estimate of drug-likeness (QED) is 0.364. The summed E-state index contributed by atoms with van der Waals surface area (Å²) in [4.78, 5) is 27.6. The van der Waals surface area contributed by atoms with Crippen LogP contribution in [0.1, 0.15) is 10.4 Å². The molecule has 0 spiro atoms. The van der Waals surface area contributed by atoms with E-state index in [0.717, 1.165) is 5.69 Å². The molecule has 28 heavy (non-hydrogen) atoms. The number of aromatic nitrogens is 1. The number of halogens is 1. The standard InChI is InChI=1S/C20H15ClN4O3/c21-19-17(7-4-12-22-19)20(27)28-13-18(26)23-14-8-10-16(11-9-14)25-24-15-5-2-1-3-6-15/h1-12H,13H2,(H,23,26). The molecule has 0 aliphatic rings. The fraction of sp³-hybridized carbons (Fsp3) is 0.0500. The van der Waals surface area contributed by atoms with E-state index in [-0.39, 0.29) is 10.7 Å². The van der Waals surface area contributed by atoms with Crippen molar-refractivity contribution in [3.63, 3.8) is 0 Å². The van der Waals surface area contributed by atoms with E-state index in [1.165, 1.54) is 12.3 Å². The lowest BCUT2D eigenvalue weighted by Gasteiger charge is -2.07. The van der Waals surface area contributed by atoms with Crippen molar-refractivity contribution in [2.24, 2.45) is 10.2 Å². The molecule has 0 unspecified atom stereocenters. The Bertz CT molecular complexity index is 992. The van der Waals surface area contributed by atoms with Gasteiger partial charge < -0.3 is 10.1 Å². The Morgan fingerprint density at radius 2 is 1.61 bits per heavy atom. The van der Waals surface area contributed by atoms with Gasteiger partial charge in [0.15, 0.2) is 6.61 Å². The molecule has 0 saturated carbocycles. The summed E-state index contributed by atoms with van der Waals surface area (Å²) < 4.78 is 4.95. The second-order valence-electron chi connectivity index (χ2n) is 5.55. The number of esters is 1. The Morgan fingerprint density at radius 3 is 2.29 bits per heavy atom. The van der Waals surface area contributed by atoms with E-state index in [1.54, 1.807) is 30.3 Å². The van der Waals surface area contributed by atoms with Crippen molar-refractivity contribution in [2.75, 3.05) is 11.9 Å². The molecule has 1 aromatic heterocycles. The topological polar surface area (TPSA) is 93.0 Å². The molecule has 1 N–H and O–H groups in total. The molecular weight excluding hydrogens is 380 g/mol. The number of pyridine rings is 1. The highest BCUT2D eigenvalue weighted by Gasteiger charge is 2.14. The minimum Gasteiger partial charge on any atom is -0.452 e. The van der Waals surface area contributed by atoms with Gasteiger partial charge in [-0.2, -0.15) is 10.2 Å². The van der Waals surface area contributed by atoms with E-state index in [9.17, 15) is 9.59 Å². The van der Waals surface area contributed by atoms with Gasteiger partial charge in [0.1, 0.15) is 5.15 Å². The van der Waals surface area contributed by atoms with Crippen LogP contribution in [-0.4, -0.2) is 23.5 Å². The highest BCUT2D eigenvalue weighted by atomic mass is 35.5. The van der Waals surface area contributed by atoms with Crippen molar-refractivity contribution >= 4 is 40.5 Å². The molecule has 3 rings (SSSR count). The lowest BCUT2D eigenvalue weighted by atomic mass is 10.3. The maximum Gasteiger partial charge on any atom is 0.341 e. The maximum absolute atomic E-state index is 11.9. The molecule has 0 radical (unpaired) electrons. The van der Waals surface area contributed by atoms with Crippen LogP contribution in [0.25, 0.3) is 0 Å². The lowest BCUT2D eigenvalue weighted by molar-refractivity contribution is -0.119. The molecule has 0 fully saturated rings. The fourth-order valence-electron chi connectivity index (χ4n) is 2.17. The van der Waals surface area contributed by atoms with Crippen LogP contribution in [-0.2, 0) is 9.53 Å². The number of hydrogen-bond donors (Lipinski definition) is 1. The molecule has 1 amide bonds. The van der Waals surface area contributed by atoms with Gasteiger partial charge in [-0.1, -0.05) is 29.8 Å².